The van der Waals surface area contributed by atoms with Crippen LogP contribution in [0.1, 0.15) is 18.7 Å². The minimum absolute atomic E-state index is 0.104. The molecule has 1 aliphatic rings. The van der Waals surface area contributed by atoms with E-state index in [9.17, 15) is 9.59 Å². The fourth-order valence-electron chi connectivity index (χ4n) is 1.83. The summed E-state index contributed by atoms with van der Waals surface area (Å²) in [6.45, 7) is 0.705. The van der Waals surface area contributed by atoms with Gasteiger partial charge in [0.25, 0.3) is 5.56 Å². The van der Waals surface area contributed by atoms with E-state index in [0.29, 0.717) is 12.5 Å². The van der Waals surface area contributed by atoms with Crippen molar-refractivity contribution in [3.05, 3.63) is 32.9 Å². The average Bonchev–Trinajstić information content (AvgIpc) is 3.07. The smallest absolute Gasteiger partial charge is 0.328 e. The molecule has 100 valence electrons. The Labute approximate surface area is 107 Å². The maximum Gasteiger partial charge on any atom is 0.328 e. The second kappa shape index (κ2) is 4.47. The molecule has 8 heteroatoms. The van der Waals surface area contributed by atoms with E-state index >= 15 is 0 Å². The third-order valence-electron chi connectivity index (χ3n) is 3.05. The van der Waals surface area contributed by atoms with Gasteiger partial charge >= 0.3 is 5.69 Å². The summed E-state index contributed by atoms with van der Waals surface area (Å²) >= 11 is 0. The minimum atomic E-state index is -0.526. The van der Waals surface area contributed by atoms with Crippen molar-refractivity contribution in [3.8, 4) is 11.4 Å². The predicted molar refractivity (Wildman–Crippen MR) is 65.2 cm³/mol. The van der Waals surface area contributed by atoms with E-state index in [1.165, 1.54) is 10.8 Å². The number of hydrogen-bond acceptors (Lipinski definition) is 6. The van der Waals surface area contributed by atoms with Crippen molar-refractivity contribution in [2.45, 2.75) is 25.9 Å². The molecule has 2 aromatic heterocycles. The molecule has 3 rings (SSSR count). The van der Waals surface area contributed by atoms with Crippen LogP contribution in [0.25, 0.3) is 11.4 Å². The van der Waals surface area contributed by atoms with Crippen LogP contribution in [0.4, 0.5) is 0 Å². The maximum atomic E-state index is 11.8. The zero-order valence-electron chi connectivity index (χ0n) is 10.1. The fourth-order valence-corrected chi connectivity index (χ4v) is 1.83. The molecule has 0 amide bonds. The van der Waals surface area contributed by atoms with E-state index in [1.807, 2.05) is 0 Å². The first-order valence-electron chi connectivity index (χ1n) is 6.04. The topological polar surface area (TPSA) is 120 Å². The number of aromatic amines is 1. The van der Waals surface area contributed by atoms with E-state index in [-0.39, 0.29) is 23.8 Å². The quantitative estimate of drug-likeness (QED) is 0.764. The number of H-pyrrole nitrogens is 1. The van der Waals surface area contributed by atoms with Crippen molar-refractivity contribution in [1.29, 1.82) is 0 Å². The summed E-state index contributed by atoms with van der Waals surface area (Å²) in [6, 6.07) is 0. The Balaban J connectivity index is 2.04. The van der Waals surface area contributed by atoms with E-state index < -0.39 is 11.2 Å². The molecule has 1 saturated carbocycles. The van der Waals surface area contributed by atoms with Gasteiger partial charge in [-0.1, -0.05) is 5.16 Å². The van der Waals surface area contributed by atoms with Gasteiger partial charge in [0.2, 0.25) is 11.7 Å². The Kier molecular flexibility index (Phi) is 2.79. The standard InChI is InChI=1S/C11H13N5O3/c12-3-8-13-9(15-19-8)7-5-16(4-6-1-2-6)11(18)14-10(7)17/h5-6H,1-4,12H2,(H,14,17,18). The highest BCUT2D eigenvalue weighted by molar-refractivity contribution is 5.50. The monoisotopic (exact) mass is 263 g/mol. The van der Waals surface area contributed by atoms with Crippen LogP contribution in [0.3, 0.4) is 0 Å². The Morgan fingerprint density at radius 1 is 1.47 bits per heavy atom. The lowest BCUT2D eigenvalue weighted by atomic mass is 10.3. The summed E-state index contributed by atoms with van der Waals surface area (Å²) < 4.78 is 6.34. The van der Waals surface area contributed by atoms with E-state index in [4.69, 9.17) is 10.3 Å². The number of rotatable bonds is 4. The van der Waals surface area contributed by atoms with Crippen LogP contribution in [-0.2, 0) is 13.1 Å². The molecule has 1 aliphatic carbocycles. The third kappa shape index (κ3) is 2.34. The Hall–Kier alpha value is -2.22. The van der Waals surface area contributed by atoms with E-state index in [0.717, 1.165) is 12.8 Å². The van der Waals surface area contributed by atoms with Crippen molar-refractivity contribution in [2.24, 2.45) is 11.7 Å². The summed E-state index contributed by atoms with van der Waals surface area (Å²) in [6.07, 6.45) is 3.70. The fraction of sp³-hybridized carbons (Fsp3) is 0.455. The van der Waals surface area contributed by atoms with Gasteiger partial charge in [0, 0.05) is 12.7 Å². The maximum absolute atomic E-state index is 11.8. The molecule has 8 nitrogen and oxygen atoms in total. The van der Waals surface area contributed by atoms with E-state index in [1.54, 1.807) is 0 Å². The van der Waals surface area contributed by atoms with Crippen molar-refractivity contribution >= 4 is 0 Å². The third-order valence-corrected chi connectivity index (χ3v) is 3.05. The number of nitrogens with two attached hydrogens (primary N) is 1. The predicted octanol–water partition coefficient (Wildman–Crippen LogP) is -0.545. The highest BCUT2D eigenvalue weighted by atomic mass is 16.5. The molecule has 1 fully saturated rings. The summed E-state index contributed by atoms with van der Waals surface area (Å²) in [4.78, 5) is 29.7. The van der Waals surface area contributed by atoms with Gasteiger partial charge in [-0.3, -0.25) is 14.3 Å². The summed E-state index contributed by atoms with van der Waals surface area (Å²) in [5.74, 6) is 0.905. The Morgan fingerprint density at radius 3 is 2.89 bits per heavy atom. The molecule has 0 aromatic carbocycles. The number of aromatic nitrogens is 4. The van der Waals surface area contributed by atoms with Crippen LogP contribution in [0.5, 0.6) is 0 Å². The second-order valence-corrected chi connectivity index (χ2v) is 4.61. The van der Waals surface area contributed by atoms with Crippen LogP contribution in [0.2, 0.25) is 0 Å². The van der Waals surface area contributed by atoms with Crippen LogP contribution in [-0.4, -0.2) is 19.7 Å². The van der Waals surface area contributed by atoms with Crippen LogP contribution in [0, 0.1) is 5.92 Å². The van der Waals surface area contributed by atoms with Gasteiger partial charge in [-0.05, 0) is 18.8 Å². The Morgan fingerprint density at radius 2 is 2.26 bits per heavy atom. The number of hydrogen-bond donors (Lipinski definition) is 2. The molecule has 19 heavy (non-hydrogen) atoms. The summed E-state index contributed by atoms with van der Waals surface area (Å²) in [5.41, 5.74) is 4.64. The highest BCUT2D eigenvalue weighted by Gasteiger charge is 2.23. The van der Waals surface area contributed by atoms with E-state index in [2.05, 4.69) is 15.1 Å². The summed E-state index contributed by atoms with van der Waals surface area (Å²) in [5, 5.41) is 3.68. The van der Waals surface area contributed by atoms with Crippen molar-refractivity contribution in [3.63, 3.8) is 0 Å². The van der Waals surface area contributed by atoms with Crippen molar-refractivity contribution in [2.75, 3.05) is 0 Å². The SMILES string of the molecule is NCc1nc(-c2cn(CC3CC3)c(=O)[nH]c2=O)no1. The van der Waals surface area contributed by atoms with Crippen molar-refractivity contribution < 1.29 is 4.52 Å². The molecule has 0 saturated heterocycles. The van der Waals surface area contributed by atoms with Crippen molar-refractivity contribution in [1.82, 2.24) is 19.7 Å². The largest absolute Gasteiger partial charge is 0.338 e. The van der Waals surface area contributed by atoms with Crippen LogP contribution in [0.15, 0.2) is 20.3 Å². The molecular formula is C11H13N5O3. The molecule has 3 N–H and O–H groups in total. The first-order valence-corrected chi connectivity index (χ1v) is 6.04. The first kappa shape index (κ1) is 11.8. The lowest BCUT2D eigenvalue weighted by Gasteiger charge is -2.04. The average molecular weight is 263 g/mol. The molecule has 0 aliphatic heterocycles. The lowest BCUT2D eigenvalue weighted by molar-refractivity contribution is 0.380. The zero-order valence-corrected chi connectivity index (χ0v) is 10.1. The zero-order chi connectivity index (χ0) is 13.4. The van der Waals surface area contributed by atoms with Gasteiger partial charge in [0.15, 0.2) is 0 Å². The molecular weight excluding hydrogens is 250 g/mol. The molecule has 2 heterocycles. The summed E-state index contributed by atoms with van der Waals surface area (Å²) in [7, 11) is 0. The van der Waals surface area contributed by atoms with Crippen LogP contribution < -0.4 is 17.0 Å². The molecule has 0 spiro atoms. The molecule has 2 aromatic rings. The normalized spacial score (nSPS) is 14.8. The number of nitrogens with zero attached hydrogens (tertiary/aromatic N) is 3. The minimum Gasteiger partial charge on any atom is -0.338 e. The number of nitrogens with one attached hydrogen (secondary N) is 1. The van der Waals surface area contributed by atoms with Gasteiger partial charge in [-0.2, -0.15) is 4.98 Å². The lowest BCUT2D eigenvalue weighted by Crippen LogP contribution is -2.31. The first-order chi connectivity index (χ1) is 9.17. The Bertz CT molecular complexity index is 710. The van der Waals surface area contributed by atoms with Gasteiger partial charge in [-0.25, -0.2) is 4.79 Å². The molecule has 0 unspecified atom stereocenters. The van der Waals surface area contributed by atoms with Gasteiger partial charge in [0.1, 0.15) is 5.56 Å². The van der Waals surface area contributed by atoms with Gasteiger partial charge in [-0.15, -0.1) is 0 Å². The molecule has 0 atom stereocenters. The molecule has 0 bridgehead atoms. The second-order valence-electron chi connectivity index (χ2n) is 4.61. The van der Waals surface area contributed by atoms with Gasteiger partial charge in [0.05, 0.1) is 6.54 Å². The highest BCUT2D eigenvalue weighted by Crippen LogP contribution is 2.30. The van der Waals surface area contributed by atoms with Crippen LogP contribution >= 0.6 is 0 Å². The van der Waals surface area contributed by atoms with Gasteiger partial charge < -0.3 is 10.3 Å². The molecule has 0 radical (unpaired) electrons.